The number of hydrogen-bond donors (Lipinski definition) is 1. The molecule has 0 saturated carbocycles. The molecule has 2 N–H and O–H groups in total. The third-order valence-corrected chi connectivity index (χ3v) is 1.84. The summed E-state index contributed by atoms with van der Waals surface area (Å²) in [5, 5.41) is 0. The van der Waals surface area contributed by atoms with E-state index in [9.17, 15) is 0 Å². The Morgan fingerprint density at radius 2 is 2.09 bits per heavy atom. The van der Waals surface area contributed by atoms with E-state index in [1.807, 2.05) is 6.07 Å². The second kappa shape index (κ2) is 2.70. The minimum Gasteiger partial charge on any atom is -0.472 e. The van der Waals surface area contributed by atoms with Crippen LogP contribution in [0.3, 0.4) is 0 Å². The van der Waals surface area contributed by atoms with Crippen LogP contribution in [0.1, 0.15) is 32.4 Å². The molecule has 0 spiro atoms. The Balaban J connectivity index is 2.78. The van der Waals surface area contributed by atoms with Gasteiger partial charge in [0, 0.05) is 11.6 Å². The van der Waals surface area contributed by atoms with Crippen LogP contribution < -0.4 is 5.73 Å². The zero-order valence-electron chi connectivity index (χ0n) is 7.29. The highest BCUT2D eigenvalue weighted by Crippen LogP contribution is 2.30. The van der Waals surface area contributed by atoms with Gasteiger partial charge in [-0.3, -0.25) is 0 Å². The highest BCUT2D eigenvalue weighted by atomic mass is 16.3. The molecule has 0 aliphatic heterocycles. The van der Waals surface area contributed by atoms with Crippen molar-refractivity contribution in [3.05, 3.63) is 24.2 Å². The standard InChI is InChI=1S/C9H15NO/c1-9(2,3)8(10)7-4-5-11-6-7/h4-6,8H,10H2,1-3H3/t8-/m1/s1. The smallest absolute Gasteiger partial charge is 0.0950 e. The molecule has 0 fully saturated rings. The van der Waals surface area contributed by atoms with Gasteiger partial charge >= 0.3 is 0 Å². The summed E-state index contributed by atoms with van der Waals surface area (Å²) >= 11 is 0. The van der Waals surface area contributed by atoms with Crippen molar-refractivity contribution in [2.24, 2.45) is 11.1 Å². The molecule has 1 atom stereocenters. The fourth-order valence-corrected chi connectivity index (χ4v) is 0.952. The molecule has 11 heavy (non-hydrogen) atoms. The Kier molecular flexibility index (Phi) is 2.05. The summed E-state index contributed by atoms with van der Waals surface area (Å²) in [6, 6.07) is 1.97. The first kappa shape index (κ1) is 8.34. The minimum absolute atomic E-state index is 0.0567. The maximum Gasteiger partial charge on any atom is 0.0950 e. The zero-order valence-corrected chi connectivity index (χ0v) is 7.29. The zero-order chi connectivity index (χ0) is 8.48. The van der Waals surface area contributed by atoms with Crippen LogP contribution in [0, 0.1) is 5.41 Å². The van der Waals surface area contributed by atoms with Gasteiger partial charge in [0.2, 0.25) is 0 Å². The first-order chi connectivity index (χ1) is 5.02. The highest BCUT2D eigenvalue weighted by Gasteiger charge is 2.22. The minimum atomic E-state index is 0.0567. The summed E-state index contributed by atoms with van der Waals surface area (Å²) in [4.78, 5) is 0. The molecule has 0 aromatic carbocycles. The summed E-state index contributed by atoms with van der Waals surface area (Å²) in [6.07, 6.45) is 3.36. The molecule has 0 aliphatic carbocycles. The van der Waals surface area contributed by atoms with Gasteiger partial charge in [-0.1, -0.05) is 20.8 Å². The molecule has 1 aromatic rings. The molecule has 62 valence electrons. The van der Waals surface area contributed by atoms with Crippen LogP contribution in [0.15, 0.2) is 23.0 Å². The molecule has 0 aliphatic rings. The van der Waals surface area contributed by atoms with Gasteiger partial charge in [-0.05, 0) is 11.5 Å². The van der Waals surface area contributed by atoms with Crippen molar-refractivity contribution in [2.75, 3.05) is 0 Å². The predicted octanol–water partition coefficient (Wildman–Crippen LogP) is 2.33. The van der Waals surface area contributed by atoms with E-state index < -0.39 is 0 Å². The van der Waals surface area contributed by atoms with Crippen LogP contribution in [-0.2, 0) is 0 Å². The Morgan fingerprint density at radius 1 is 1.45 bits per heavy atom. The van der Waals surface area contributed by atoms with Gasteiger partial charge in [0.1, 0.15) is 0 Å². The van der Waals surface area contributed by atoms with E-state index in [-0.39, 0.29) is 11.5 Å². The Bertz CT molecular complexity index is 208. The molecule has 0 radical (unpaired) electrons. The molecule has 1 rings (SSSR count). The number of rotatable bonds is 1. The SMILES string of the molecule is CC(C)(C)[C@H](N)c1ccoc1. The van der Waals surface area contributed by atoms with Gasteiger partial charge in [-0.15, -0.1) is 0 Å². The van der Waals surface area contributed by atoms with E-state index in [1.165, 1.54) is 0 Å². The highest BCUT2D eigenvalue weighted by molar-refractivity contribution is 5.13. The van der Waals surface area contributed by atoms with E-state index in [0.29, 0.717) is 0 Å². The monoisotopic (exact) mass is 153 g/mol. The number of hydrogen-bond acceptors (Lipinski definition) is 2. The van der Waals surface area contributed by atoms with Gasteiger partial charge < -0.3 is 10.2 Å². The van der Waals surface area contributed by atoms with Crippen LogP contribution in [-0.4, -0.2) is 0 Å². The molecule has 2 nitrogen and oxygen atoms in total. The van der Waals surface area contributed by atoms with E-state index in [0.717, 1.165) is 5.56 Å². The van der Waals surface area contributed by atoms with Crippen LogP contribution >= 0.6 is 0 Å². The van der Waals surface area contributed by atoms with Crippen molar-refractivity contribution in [3.8, 4) is 0 Å². The van der Waals surface area contributed by atoms with Crippen molar-refractivity contribution in [3.63, 3.8) is 0 Å². The first-order valence-electron chi connectivity index (χ1n) is 3.79. The van der Waals surface area contributed by atoms with Crippen molar-refractivity contribution in [2.45, 2.75) is 26.8 Å². The fraction of sp³-hybridized carbons (Fsp3) is 0.556. The fourth-order valence-electron chi connectivity index (χ4n) is 0.952. The topological polar surface area (TPSA) is 39.2 Å². The molecule has 2 heteroatoms. The number of nitrogens with two attached hydrogens (primary N) is 1. The summed E-state index contributed by atoms with van der Waals surface area (Å²) in [5.74, 6) is 0. The molecule has 0 saturated heterocycles. The third-order valence-electron chi connectivity index (χ3n) is 1.84. The normalized spacial score (nSPS) is 14.9. The molecule has 1 heterocycles. The van der Waals surface area contributed by atoms with Crippen molar-refractivity contribution >= 4 is 0 Å². The van der Waals surface area contributed by atoms with Gasteiger partial charge in [-0.2, -0.15) is 0 Å². The molecular formula is C9H15NO. The molecule has 1 aromatic heterocycles. The van der Waals surface area contributed by atoms with Crippen molar-refractivity contribution in [1.29, 1.82) is 0 Å². The van der Waals surface area contributed by atoms with E-state index in [4.69, 9.17) is 10.2 Å². The Morgan fingerprint density at radius 3 is 2.45 bits per heavy atom. The maximum atomic E-state index is 5.96. The van der Waals surface area contributed by atoms with Crippen LogP contribution in [0.5, 0.6) is 0 Å². The van der Waals surface area contributed by atoms with Crippen LogP contribution in [0.25, 0.3) is 0 Å². The van der Waals surface area contributed by atoms with E-state index in [1.54, 1.807) is 12.5 Å². The molecule has 0 amide bonds. The summed E-state index contributed by atoms with van der Waals surface area (Å²) in [7, 11) is 0. The third kappa shape index (κ3) is 1.84. The van der Waals surface area contributed by atoms with E-state index >= 15 is 0 Å². The first-order valence-corrected chi connectivity index (χ1v) is 3.79. The molecule has 0 unspecified atom stereocenters. The Hall–Kier alpha value is -0.760. The van der Waals surface area contributed by atoms with Gasteiger partial charge in [0.15, 0.2) is 0 Å². The second-order valence-corrected chi connectivity index (χ2v) is 3.90. The summed E-state index contributed by atoms with van der Waals surface area (Å²) in [5.41, 5.74) is 7.12. The maximum absolute atomic E-state index is 5.96. The van der Waals surface area contributed by atoms with Crippen LogP contribution in [0.4, 0.5) is 0 Å². The summed E-state index contributed by atoms with van der Waals surface area (Å²) < 4.78 is 4.95. The lowest BCUT2D eigenvalue weighted by Crippen LogP contribution is -2.25. The van der Waals surface area contributed by atoms with Crippen molar-refractivity contribution in [1.82, 2.24) is 0 Å². The predicted molar refractivity (Wildman–Crippen MR) is 45.1 cm³/mol. The van der Waals surface area contributed by atoms with Gasteiger partial charge in [0.25, 0.3) is 0 Å². The lowest BCUT2D eigenvalue weighted by molar-refractivity contribution is 0.325. The lowest BCUT2D eigenvalue weighted by atomic mass is 9.84. The quantitative estimate of drug-likeness (QED) is 0.672. The average Bonchev–Trinajstić information content (AvgIpc) is 2.34. The largest absolute Gasteiger partial charge is 0.472 e. The van der Waals surface area contributed by atoms with Gasteiger partial charge in [-0.25, -0.2) is 0 Å². The second-order valence-electron chi connectivity index (χ2n) is 3.90. The van der Waals surface area contributed by atoms with Crippen molar-refractivity contribution < 1.29 is 4.42 Å². The molecule has 0 bridgehead atoms. The van der Waals surface area contributed by atoms with Gasteiger partial charge in [0.05, 0.1) is 12.5 Å². The average molecular weight is 153 g/mol. The lowest BCUT2D eigenvalue weighted by Gasteiger charge is -2.25. The number of furan rings is 1. The molecular weight excluding hydrogens is 138 g/mol. The Labute approximate surface area is 67.4 Å². The van der Waals surface area contributed by atoms with Crippen LogP contribution in [0.2, 0.25) is 0 Å². The van der Waals surface area contributed by atoms with E-state index in [2.05, 4.69) is 20.8 Å². The summed E-state index contributed by atoms with van der Waals surface area (Å²) in [6.45, 7) is 6.35.